The van der Waals surface area contributed by atoms with Crippen LogP contribution in [0.4, 0.5) is 0 Å². The van der Waals surface area contributed by atoms with Crippen LogP contribution in [-0.2, 0) is 19.1 Å². The Morgan fingerprint density at radius 1 is 0.551 bits per heavy atom. The van der Waals surface area contributed by atoms with Gasteiger partial charge in [-0.1, -0.05) is 92.5 Å². The van der Waals surface area contributed by atoms with E-state index in [1.807, 2.05) is 6.92 Å². The standard InChI is InChI=1S/C60H92O9/c1-49(2)40-16-22-57(10)42(52(40,5)20-18-44(49)62)14-12-36-38-32-50(3,24-28-59(38,46(64)65)30-26-55(36,57)8)35-69-48(68)51(4)25-29-60(47(66)67)31-27-56(9)37(39(60)33-51)13-15-43-53(6)21-19-45(63)54(7,34-61)41(53)17-23-58(43,56)11/h12-13,38-45,61-63H,14-35H2,1-11H3,(H,64,65)(H,66,67)/t38-,39-,40-,41+,42+,43+,44-,45-,50+,51+,52-,53-,54+,55+,56+,57+,58+,59-,60-/m0/s1. The van der Waals surface area contributed by atoms with E-state index in [1.165, 1.54) is 11.1 Å². The first-order chi connectivity index (χ1) is 32.0. The fraction of sp³-hybridized carbons (Fsp3) is 0.883. The van der Waals surface area contributed by atoms with E-state index in [2.05, 4.69) is 81.4 Å². The average molecular weight is 957 g/mol. The SMILES string of the molecule is CC1(C)[C@@H](O)CC[C@]2(C)[C@H]3CC=C4[C@@H]5C[C@](C)(COC(=O)[C@]6(C)CC[C@]7(C(=O)O)CC[C@]8(C)C(=CC[C@@H]9[C@@]%10(C)CC[C@H](O)[C@](C)(CO)[C@@H]%10CC[C@]98C)[C@@H]7C6)CC[C@]5(C(=O)O)CC[C@@]4(C)[C@]3(C)CC[C@@H]12. The lowest BCUT2D eigenvalue weighted by molar-refractivity contribution is -0.217. The van der Waals surface area contributed by atoms with E-state index in [1.54, 1.807) is 0 Å². The van der Waals surface area contributed by atoms with Crippen LogP contribution in [0, 0.1) is 100 Å². The van der Waals surface area contributed by atoms with Crippen molar-refractivity contribution in [2.75, 3.05) is 13.2 Å². The van der Waals surface area contributed by atoms with Crippen molar-refractivity contribution in [1.29, 1.82) is 0 Å². The van der Waals surface area contributed by atoms with Gasteiger partial charge in [0.25, 0.3) is 0 Å². The zero-order valence-electron chi connectivity index (χ0n) is 44.7. The van der Waals surface area contributed by atoms with Crippen molar-refractivity contribution in [3.63, 3.8) is 0 Å². The Hall–Kier alpha value is -2.23. The highest BCUT2D eigenvalue weighted by Crippen LogP contribution is 2.78. The Bertz CT molecular complexity index is 2230. The fourth-order valence-electron chi connectivity index (χ4n) is 21.7. The zero-order valence-corrected chi connectivity index (χ0v) is 44.7. The molecule has 0 bridgehead atoms. The van der Waals surface area contributed by atoms with E-state index in [0.717, 1.165) is 70.6 Å². The molecule has 69 heavy (non-hydrogen) atoms. The van der Waals surface area contributed by atoms with E-state index in [-0.39, 0.29) is 80.9 Å². The Morgan fingerprint density at radius 2 is 1.01 bits per heavy atom. The number of carbonyl (C=O) groups is 3. The molecular formula is C60H92O9. The van der Waals surface area contributed by atoms with Crippen LogP contribution in [0.25, 0.3) is 0 Å². The van der Waals surface area contributed by atoms with Crippen LogP contribution in [0.15, 0.2) is 23.3 Å². The first kappa shape index (κ1) is 50.3. The summed E-state index contributed by atoms with van der Waals surface area (Å²) in [5.41, 5.74) is -1.61. The van der Waals surface area contributed by atoms with Gasteiger partial charge in [-0.3, -0.25) is 14.4 Å². The second-order valence-corrected chi connectivity index (χ2v) is 29.6. The lowest BCUT2D eigenvalue weighted by atomic mass is 9.33. The highest BCUT2D eigenvalue weighted by Gasteiger charge is 2.72. The molecule has 0 aromatic heterocycles. The van der Waals surface area contributed by atoms with E-state index in [9.17, 15) is 39.9 Å². The van der Waals surface area contributed by atoms with Crippen LogP contribution in [0.3, 0.4) is 0 Å². The predicted octanol–water partition coefficient (Wildman–Crippen LogP) is 12.0. The lowest BCUT2D eigenvalue weighted by Crippen LogP contribution is -2.66. The molecule has 10 aliphatic carbocycles. The Balaban J connectivity index is 0.903. The van der Waals surface area contributed by atoms with Gasteiger partial charge in [0.1, 0.15) is 0 Å². The fourth-order valence-corrected chi connectivity index (χ4v) is 21.7. The summed E-state index contributed by atoms with van der Waals surface area (Å²) in [6, 6.07) is 0. The second kappa shape index (κ2) is 15.4. The average Bonchev–Trinajstić information content (AvgIpc) is 3.28. The minimum atomic E-state index is -0.933. The molecule has 9 heteroatoms. The first-order valence-electron chi connectivity index (χ1n) is 28.0. The Morgan fingerprint density at radius 3 is 1.54 bits per heavy atom. The third-order valence-electron chi connectivity index (χ3n) is 26.9. The minimum Gasteiger partial charge on any atom is -0.481 e. The number of esters is 1. The van der Waals surface area contributed by atoms with Gasteiger partial charge in [0.15, 0.2) is 0 Å². The van der Waals surface area contributed by atoms with Crippen LogP contribution in [-0.4, -0.2) is 68.9 Å². The van der Waals surface area contributed by atoms with Crippen LogP contribution in [0.1, 0.15) is 205 Å². The predicted molar refractivity (Wildman–Crippen MR) is 266 cm³/mol. The van der Waals surface area contributed by atoms with Gasteiger partial charge in [-0.25, -0.2) is 0 Å². The zero-order chi connectivity index (χ0) is 50.2. The normalized spacial score (nSPS) is 55.0. The summed E-state index contributed by atoms with van der Waals surface area (Å²) in [5.74, 6) is -0.672. The summed E-state index contributed by atoms with van der Waals surface area (Å²) in [7, 11) is 0. The molecule has 0 saturated heterocycles. The molecule has 0 unspecified atom stereocenters. The van der Waals surface area contributed by atoms with Crippen molar-refractivity contribution >= 4 is 17.9 Å². The molecule has 10 aliphatic rings. The summed E-state index contributed by atoms with van der Waals surface area (Å²) >= 11 is 0. The number of carboxylic acids is 2. The van der Waals surface area contributed by atoms with Gasteiger partial charge >= 0.3 is 17.9 Å². The molecule has 0 aliphatic heterocycles. The Kier molecular flexibility index (Phi) is 11.2. The second-order valence-electron chi connectivity index (χ2n) is 29.6. The molecule has 9 nitrogen and oxygen atoms in total. The van der Waals surface area contributed by atoms with Crippen LogP contribution in [0.5, 0.6) is 0 Å². The van der Waals surface area contributed by atoms with Crippen molar-refractivity contribution in [3.8, 4) is 0 Å². The number of carbonyl (C=O) groups excluding carboxylic acids is 1. The van der Waals surface area contributed by atoms with Crippen molar-refractivity contribution in [1.82, 2.24) is 0 Å². The highest BCUT2D eigenvalue weighted by molar-refractivity contribution is 5.80. The molecular weight excluding hydrogens is 865 g/mol. The topological polar surface area (TPSA) is 162 Å². The summed E-state index contributed by atoms with van der Waals surface area (Å²) in [6.45, 7) is 25.9. The molecule has 8 fully saturated rings. The number of fused-ring (bicyclic) bond motifs is 14. The van der Waals surface area contributed by atoms with Gasteiger partial charge in [0, 0.05) is 10.8 Å². The van der Waals surface area contributed by atoms with Gasteiger partial charge in [0.2, 0.25) is 0 Å². The van der Waals surface area contributed by atoms with Crippen LogP contribution >= 0.6 is 0 Å². The largest absolute Gasteiger partial charge is 0.481 e. The number of hydrogen-bond acceptors (Lipinski definition) is 7. The number of allylic oxidation sites excluding steroid dienone is 4. The van der Waals surface area contributed by atoms with Gasteiger partial charge < -0.3 is 30.3 Å². The van der Waals surface area contributed by atoms with Crippen LogP contribution in [0.2, 0.25) is 0 Å². The van der Waals surface area contributed by atoms with Gasteiger partial charge in [-0.15, -0.1) is 0 Å². The number of aliphatic hydroxyl groups is 3. The monoisotopic (exact) mass is 957 g/mol. The van der Waals surface area contributed by atoms with E-state index in [4.69, 9.17) is 4.74 Å². The lowest BCUT2D eigenvalue weighted by Gasteiger charge is -2.71. The summed E-state index contributed by atoms with van der Waals surface area (Å²) in [4.78, 5) is 42.2. The van der Waals surface area contributed by atoms with E-state index >= 15 is 0 Å². The third kappa shape index (κ3) is 6.26. The minimum absolute atomic E-state index is 0.00581. The maximum atomic E-state index is 14.9. The molecule has 0 spiro atoms. The molecule has 0 amide bonds. The van der Waals surface area contributed by atoms with Crippen molar-refractivity contribution in [3.05, 3.63) is 23.3 Å². The third-order valence-corrected chi connectivity index (χ3v) is 26.9. The van der Waals surface area contributed by atoms with Crippen molar-refractivity contribution in [2.24, 2.45) is 100 Å². The first-order valence-corrected chi connectivity index (χ1v) is 28.0. The highest BCUT2D eigenvalue weighted by atomic mass is 16.5. The molecule has 10 rings (SSSR count). The molecule has 386 valence electrons. The maximum absolute atomic E-state index is 14.9. The number of rotatable bonds is 6. The summed E-state index contributed by atoms with van der Waals surface area (Å²) in [5, 5.41) is 55.6. The van der Waals surface area contributed by atoms with E-state index < -0.39 is 45.1 Å². The van der Waals surface area contributed by atoms with Crippen molar-refractivity contribution < 1.29 is 44.7 Å². The van der Waals surface area contributed by atoms with Gasteiger partial charge in [-0.2, -0.15) is 0 Å². The number of hydrogen-bond donors (Lipinski definition) is 5. The number of carboxylic acid groups (broad SMARTS) is 2. The molecule has 0 aromatic carbocycles. The van der Waals surface area contributed by atoms with Gasteiger partial charge in [0.05, 0.1) is 41.7 Å². The van der Waals surface area contributed by atoms with Crippen LogP contribution < -0.4 is 0 Å². The van der Waals surface area contributed by atoms with E-state index in [0.29, 0.717) is 75.5 Å². The maximum Gasteiger partial charge on any atom is 0.311 e. The number of ether oxygens (including phenoxy) is 1. The molecule has 0 radical (unpaired) electrons. The van der Waals surface area contributed by atoms with Crippen molar-refractivity contribution in [2.45, 2.75) is 217 Å². The smallest absolute Gasteiger partial charge is 0.311 e. The molecule has 0 heterocycles. The number of aliphatic hydroxyl groups excluding tert-OH is 3. The summed E-state index contributed by atoms with van der Waals surface area (Å²) < 4.78 is 6.58. The number of aliphatic carboxylic acids is 2. The molecule has 19 atom stereocenters. The molecule has 5 N–H and O–H groups in total. The quantitative estimate of drug-likeness (QED) is 0.129. The summed E-state index contributed by atoms with van der Waals surface area (Å²) in [6.07, 6.45) is 19.5. The Labute approximate surface area is 414 Å². The molecule has 8 saturated carbocycles. The van der Waals surface area contributed by atoms with Gasteiger partial charge in [-0.05, 0) is 209 Å². The molecule has 0 aromatic rings.